The Kier molecular flexibility index (Phi) is 6.72. The van der Waals surface area contributed by atoms with Crippen LogP contribution in [0.25, 0.3) is 0 Å². The number of nitrogens with zero attached hydrogens (tertiary/aromatic N) is 2. The summed E-state index contributed by atoms with van der Waals surface area (Å²) in [4.78, 5) is 62.4. The Balaban J connectivity index is 2.13. The summed E-state index contributed by atoms with van der Waals surface area (Å²) in [5.41, 5.74) is 10.5. The summed E-state index contributed by atoms with van der Waals surface area (Å²) < 4.78 is 0. The molecule has 2 saturated heterocycles. The van der Waals surface area contributed by atoms with Crippen molar-refractivity contribution in [2.24, 2.45) is 11.5 Å². The molecule has 11 heteroatoms. The van der Waals surface area contributed by atoms with Crippen LogP contribution < -0.4 is 16.8 Å². The van der Waals surface area contributed by atoms with E-state index in [0.29, 0.717) is 32.2 Å². The number of nitrogens with one attached hydrogen (secondary N) is 1. The number of rotatable bonds is 7. The number of amides is 4. The van der Waals surface area contributed by atoms with Crippen molar-refractivity contribution in [3.63, 3.8) is 0 Å². The lowest BCUT2D eigenvalue weighted by Crippen LogP contribution is -2.56. The Morgan fingerprint density at radius 2 is 1.63 bits per heavy atom. The third-order valence-electron chi connectivity index (χ3n) is 4.89. The van der Waals surface area contributed by atoms with E-state index >= 15 is 0 Å². The number of carboxylic acid groups (broad SMARTS) is 1. The fourth-order valence-corrected chi connectivity index (χ4v) is 3.61. The summed E-state index contributed by atoms with van der Waals surface area (Å²) in [7, 11) is 0. The van der Waals surface area contributed by atoms with Crippen LogP contribution in [0.5, 0.6) is 0 Å². The van der Waals surface area contributed by atoms with Gasteiger partial charge in [0.2, 0.25) is 23.6 Å². The molecule has 2 aliphatic heterocycles. The minimum atomic E-state index is -1.27. The Bertz CT molecular complexity index is 639. The number of aliphatic carboxylic acids is 1. The highest BCUT2D eigenvalue weighted by molar-refractivity contribution is 5.96. The first-order valence-electron chi connectivity index (χ1n) is 8.87. The van der Waals surface area contributed by atoms with E-state index in [2.05, 4.69) is 5.32 Å². The molecule has 11 nitrogen and oxygen atoms in total. The van der Waals surface area contributed by atoms with Gasteiger partial charge in [0, 0.05) is 13.1 Å². The zero-order chi connectivity index (χ0) is 20.1. The Morgan fingerprint density at radius 1 is 1.04 bits per heavy atom. The highest BCUT2D eigenvalue weighted by Crippen LogP contribution is 2.21. The Labute approximate surface area is 156 Å². The molecule has 3 unspecified atom stereocenters. The van der Waals surface area contributed by atoms with Crippen LogP contribution in [0.15, 0.2) is 0 Å². The van der Waals surface area contributed by atoms with Gasteiger partial charge in [0.1, 0.15) is 18.1 Å². The van der Waals surface area contributed by atoms with Crippen molar-refractivity contribution < 1.29 is 29.1 Å². The van der Waals surface area contributed by atoms with Crippen LogP contribution in [0, 0.1) is 0 Å². The van der Waals surface area contributed by atoms with Gasteiger partial charge < -0.3 is 31.7 Å². The number of likely N-dealkylation sites (tertiary alicyclic amines) is 2. The third-order valence-corrected chi connectivity index (χ3v) is 4.89. The number of hydrogen-bond donors (Lipinski definition) is 4. The number of hydrogen-bond acceptors (Lipinski definition) is 6. The maximum atomic E-state index is 12.8. The summed E-state index contributed by atoms with van der Waals surface area (Å²) in [5.74, 6) is -3.57. The van der Waals surface area contributed by atoms with Crippen molar-refractivity contribution >= 4 is 29.6 Å². The number of carbonyl (C=O) groups is 5. The molecule has 0 aliphatic carbocycles. The first-order chi connectivity index (χ1) is 12.8. The second-order valence-electron chi connectivity index (χ2n) is 6.71. The molecule has 2 aliphatic rings. The van der Waals surface area contributed by atoms with E-state index in [4.69, 9.17) is 11.5 Å². The summed E-state index contributed by atoms with van der Waals surface area (Å²) >= 11 is 0. The fourth-order valence-electron chi connectivity index (χ4n) is 3.61. The summed E-state index contributed by atoms with van der Waals surface area (Å²) in [6.07, 6.45) is 1.40. The molecule has 27 heavy (non-hydrogen) atoms. The minimum Gasteiger partial charge on any atom is -0.480 e. The molecule has 2 fully saturated rings. The molecule has 0 radical (unpaired) electrons. The van der Waals surface area contributed by atoms with Crippen LogP contribution in [0.2, 0.25) is 0 Å². The molecule has 0 bridgehead atoms. The fraction of sp³-hybridized carbons (Fsp3) is 0.688. The monoisotopic (exact) mass is 383 g/mol. The first kappa shape index (κ1) is 20.6. The third kappa shape index (κ3) is 4.73. The van der Waals surface area contributed by atoms with E-state index in [1.807, 2.05) is 0 Å². The smallest absolute Gasteiger partial charge is 0.326 e. The molecule has 0 aromatic carbocycles. The normalized spacial score (nSPS) is 23.1. The molecule has 0 aromatic heterocycles. The molecule has 4 amide bonds. The van der Waals surface area contributed by atoms with E-state index in [0.717, 1.165) is 4.90 Å². The lowest BCUT2D eigenvalue weighted by molar-refractivity contribution is -0.150. The molecule has 3 atom stereocenters. The largest absolute Gasteiger partial charge is 0.480 e. The topological polar surface area (TPSA) is 176 Å². The Hall–Kier alpha value is -2.69. The molecule has 0 aromatic rings. The minimum absolute atomic E-state index is 0.224. The molecular formula is C16H25N5O6. The van der Waals surface area contributed by atoms with E-state index in [-0.39, 0.29) is 19.0 Å². The molecule has 150 valence electrons. The van der Waals surface area contributed by atoms with Crippen LogP contribution in [0.4, 0.5) is 0 Å². The zero-order valence-electron chi connectivity index (χ0n) is 14.9. The van der Waals surface area contributed by atoms with Gasteiger partial charge in [0.15, 0.2) is 0 Å². The van der Waals surface area contributed by atoms with Crippen LogP contribution in [0.1, 0.15) is 32.1 Å². The van der Waals surface area contributed by atoms with Crippen molar-refractivity contribution in [1.29, 1.82) is 0 Å². The molecular weight excluding hydrogens is 358 g/mol. The van der Waals surface area contributed by atoms with Gasteiger partial charge in [-0.15, -0.1) is 0 Å². The van der Waals surface area contributed by atoms with E-state index in [9.17, 15) is 29.1 Å². The second-order valence-corrected chi connectivity index (χ2v) is 6.71. The van der Waals surface area contributed by atoms with Gasteiger partial charge in [0.25, 0.3) is 0 Å². The van der Waals surface area contributed by atoms with Gasteiger partial charge in [-0.2, -0.15) is 0 Å². The SMILES string of the molecule is NCC(=O)N1CCCC1C(=O)NC(CC(N)=O)C(=O)N1CCCC1C(=O)O. The highest BCUT2D eigenvalue weighted by atomic mass is 16.4. The van der Waals surface area contributed by atoms with Crippen LogP contribution in [0.3, 0.4) is 0 Å². The van der Waals surface area contributed by atoms with Crippen LogP contribution >= 0.6 is 0 Å². The van der Waals surface area contributed by atoms with Gasteiger partial charge >= 0.3 is 5.97 Å². The van der Waals surface area contributed by atoms with Gasteiger partial charge in [-0.05, 0) is 25.7 Å². The average Bonchev–Trinajstić information content (AvgIpc) is 3.28. The standard InChI is InChI=1S/C16H25N5O6/c17-8-13(23)20-5-1-3-10(20)14(24)19-9(7-12(18)22)15(25)21-6-2-4-11(21)16(26)27/h9-11H,1-8,17H2,(H2,18,22)(H,19,24)(H,26,27). The maximum absolute atomic E-state index is 12.8. The molecule has 2 rings (SSSR count). The number of carbonyl (C=O) groups excluding carboxylic acids is 4. The maximum Gasteiger partial charge on any atom is 0.326 e. The summed E-state index contributed by atoms with van der Waals surface area (Å²) in [6.45, 7) is 0.374. The summed E-state index contributed by atoms with van der Waals surface area (Å²) in [5, 5.41) is 11.7. The van der Waals surface area contributed by atoms with Crippen LogP contribution in [-0.2, 0) is 24.0 Å². The van der Waals surface area contributed by atoms with Gasteiger partial charge in [0.05, 0.1) is 13.0 Å². The zero-order valence-corrected chi connectivity index (χ0v) is 14.9. The molecule has 0 saturated carbocycles. The number of nitrogens with two attached hydrogens (primary N) is 2. The van der Waals surface area contributed by atoms with Crippen molar-refractivity contribution in [2.45, 2.75) is 50.2 Å². The molecule has 0 spiro atoms. The lowest BCUT2D eigenvalue weighted by Gasteiger charge is -2.29. The number of carboxylic acids is 1. The number of primary amides is 1. The predicted octanol–water partition coefficient (Wildman–Crippen LogP) is -2.63. The van der Waals surface area contributed by atoms with Gasteiger partial charge in [-0.25, -0.2) is 4.79 Å². The van der Waals surface area contributed by atoms with Gasteiger partial charge in [-0.1, -0.05) is 0 Å². The molecule has 6 N–H and O–H groups in total. The van der Waals surface area contributed by atoms with E-state index < -0.39 is 48.2 Å². The van der Waals surface area contributed by atoms with E-state index in [1.165, 1.54) is 4.90 Å². The quantitative estimate of drug-likeness (QED) is 0.371. The van der Waals surface area contributed by atoms with Crippen molar-refractivity contribution in [2.75, 3.05) is 19.6 Å². The van der Waals surface area contributed by atoms with E-state index in [1.54, 1.807) is 0 Å². The average molecular weight is 383 g/mol. The van der Waals surface area contributed by atoms with Crippen molar-refractivity contribution in [3.8, 4) is 0 Å². The first-order valence-corrected chi connectivity index (χ1v) is 8.87. The highest BCUT2D eigenvalue weighted by Gasteiger charge is 2.40. The summed E-state index contributed by atoms with van der Waals surface area (Å²) in [6, 6.07) is -3.05. The van der Waals surface area contributed by atoms with Crippen molar-refractivity contribution in [3.05, 3.63) is 0 Å². The Morgan fingerprint density at radius 3 is 2.19 bits per heavy atom. The lowest BCUT2D eigenvalue weighted by atomic mass is 10.1. The van der Waals surface area contributed by atoms with Crippen LogP contribution in [-0.4, -0.2) is 82.3 Å². The van der Waals surface area contributed by atoms with Gasteiger partial charge in [-0.3, -0.25) is 19.2 Å². The molecule has 2 heterocycles. The predicted molar refractivity (Wildman–Crippen MR) is 91.9 cm³/mol. The second kappa shape index (κ2) is 8.80. The van der Waals surface area contributed by atoms with Crippen molar-refractivity contribution in [1.82, 2.24) is 15.1 Å².